The number of halogens is 3. The molecule has 0 radical (unpaired) electrons. The van der Waals surface area contributed by atoms with Crippen LogP contribution in [0.25, 0.3) is 10.9 Å². The van der Waals surface area contributed by atoms with Gasteiger partial charge in [0.15, 0.2) is 5.82 Å². The second kappa shape index (κ2) is 6.90. The smallest absolute Gasteiger partial charge is 0.226 e. The molecule has 5 nitrogen and oxygen atoms in total. The number of benzene rings is 2. The van der Waals surface area contributed by atoms with E-state index in [2.05, 4.69) is 15.0 Å². The summed E-state index contributed by atoms with van der Waals surface area (Å²) in [5, 5.41) is 12.8. The molecule has 0 bridgehead atoms. The first kappa shape index (κ1) is 18.2. The summed E-state index contributed by atoms with van der Waals surface area (Å²) in [6, 6.07) is 10.3. The molecule has 4 aromatic rings. The molecule has 0 saturated carbocycles. The molecule has 5 rings (SSSR count). The number of H-pyrrole nitrogens is 1. The monoisotopic (exact) mass is 428 g/mol. The van der Waals surface area contributed by atoms with Gasteiger partial charge in [-0.05, 0) is 42.3 Å². The van der Waals surface area contributed by atoms with Crippen LogP contribution in [0, 0.1) is 5.82 Å². The van der Waals surface area contributed by atoms with Crippen LogP contribution >= 0.6 is 23.2 Å². The largest absolute Gasteiger partial charge is 0.508 e. The average molecular weight is 429 g/mol. The van der Waals surface area contributed by atoms with Gasteiger partial charge in [-0.25, -0.2) is 14.4 Å². The minimum atomic E-state index is -0.502. The fourth-order valence-corrected chi connectivity index (χ4v) is 4.34. The summed E-state index contributed by atoms with van der Waals surface area (Å²) >= 11 is 12.3. The number of hydrogen-bond acceptors (Lipinski definition) is 4. The Balaban J connectivity index is 1.74. The van der Waals surface area contributed by atoms with E-state index in [1.165, 1.54) is 6.07 Å². The lowest BCUT2D eigenvalue weighted by Crippen LogP contribution is -2.37. The molecule has 2 aromatic carbocycles. The van der Waals surface area contributed by atoms with E-state index in [4.69, 9.17) is 23.2 Å². The van der Waals surface area contributed by atoms with Crippen LogP contribution in [0.15, 0.2) is 48.8 Å². The Kier molecular flexibility index (Phi) is 4.33. The molecule has 1 aliphatic heterocycles. The summed E-state index contributed by atoms with van der Waals surface area (Å²) in [6.45, 7) is 0.588. The number of aromatic hydroxyl groups is 1. The van der Waals surface area contributed by atoms with Crippen LogP contribution in [-0.2, 0) is 6.42 Å². The van der Waals surface area contributed by atoms with Crippen LogP contribution in [0.3, 0.4) is 0 Å². The van der Waals surface area contributed by atoms with Crippen LogP contribution in [0.4, 0.5) is 10.3 Å². The molecule has 3 heterocycles. The van der Waals surface area contributed by atoms with Crippen molar-refractivity contribution in [1.29, 1.82) is 0 Å². The standard InChI is InChI=1S/C21H15Cl2FN4O/c22-11-2-4-17-16(7-11)14-5-6-28(21-25-9-13(24)10-26-21)20(19(14)27-17)15-3-1-12(23)8-18(15)29/h1-4,7-10,20,27,29H,5-6H2. The van der Waals surface area contributed by atoms with Crippen LogP contribution in [0.1, 0.15) is 22.9 Å². The number of aromatic amines is 1. The second-order valence-corrected chi connectivity index (χ2v) is 7.83. The highest BCUT2D eigenvalue weighted by molar-refractivity contribution is 6.31. The Bertz CT molecular complexity index is 1230. The molecule has 1 atom stereocenters. The molecule has 0 amide bonds. The highest BCUT2D eigenvalue weighted by atomic mass is 35.5. The van der Waals surface area contributed by atoms with E-state index in [9.17, 15) is 9.50 Å². The fraction of sp³-hybridized carbons (Fsp3) is 0.143. The van der Waals surface area contributed by atoms with E-state index in [1.807, 2.05) is 23.1 Å². The molecule has 8 heteroatoms. The SMILES string of the molecule is Oc1cc(Cl)ccc1C1c2[nH]c3ccc(Cl)cc3c2CCN1c1ncc(F)cn1. The van der Waals surface area contributed by atoms with Crippen LogP contribution < -0.4 is 4.90 Å². The van der Waals surface area contributed by atoms with Crippen molar-refractivity contribution in [3.63, 3.8) is 0 Å². The van der Waals surface area contributed by atoms with E-state index in [1.54, 1.807) is 12.1 Å². The van der Waals surface area contributed by atoms with Gasteiger partial charge >= 0.3 is 0 Å². The van der Waals surface area contributed by atoms with Gasteiger partial charge in [-0.1, -0.05) is 29.3 Å². The number of anilines is 1. The van der Waals surface area contributed by atoms with Crippen molar-refractivity contribution in [2.75, 3.05) is 11.4 Å². The van der Waals surface area contributed by atoms with Crippen molar-refractivity contribution in [1.82, 2.24) is 15.0 Å². The number of aromatic nitrogens is 3. The Morgan fingerprint density at radius 1 is 1.07 bits per heavy atom. The Morgan fingerprint density at radius 2 is 1.79 bits per heavy atom. The number of nitrogens with one attached hydrogen (secondary N) is 1. The zero-order chi connectivity index (χ0) is 20.1. The fourth-order valence-electron chi connectivity index (χ4n) is 4.00. The number of hydrogen-bond donors (Lipinski definition) is 2. The van der Waals surface area contributed by atoms with Crippen LogP contribution in [0.2, 0.25) is 10.0 Å². The maximum absolute atomic E-state index is 13.4. The molecule has 0 aliphatic carbocycles. The van der Waals surface area contributed by atoms with E-state index in [-0.39, 0.29) is 5.75 Å². The number of nitrogens with zero attached hydrogens (tertiary/aromatic N) is 3. The maximum Gasteiger partial charge on any atom is 0.226 e. The summed E-state index contributed by atoms with van der Waals surface area (Å²) in [6.07, 6.45) is 3.00. The molecular weight excluding hydrogens is 414 g/mol. The van der Waals surface area contributed by atoms with Gasteiger partial charge in [-0.15, -0.1) is 0 Å². The molecule has 1 aliphatic rings. The quantitative estimate of drug-likeness (QED) is 0.456. The predicted molar refractivity (Wildman–Crippen MR) is 111 cm³/mol. The van der Waals surface area contributed by atoms with Crippen LogP contribution in [-0.4, -0.2) is 26.6 Å². The Hall–Kier alpha value is -2.83. The normalized spacial score (nSPS) is 16.2. The molecule has 0 spiro atoms. The van der Waals surface area contributed by atoms with Crippen molar-refractivity contribution >= 4 is 40.1 Å². The summed E-state index contributed by atoms with van der Waals surface area (Å²) in [4.78, 5) is 13.7. The lowest BCUT2D eigenvalue weighted by Gasteiger charge is -2.36. The van der Waals surface area contributed by atoms with Gasteiger partial charge < -0.3 is 15.0 Å². The lowest BCUT2D eigenvalue weighted by molar-refractivity contribution is 0.460. The van der Waals surface area contributed by atoms with E-state index in [0.717, 1.165) is 41.0 Å². The Labute approximate surface area is 175 Å². The highest BCUT2D eigenvalue weighted by Crippen LogP contribution is 2.43. The van der Waals surface area contributed by atoms with Gasteiger partial charge in [0.2, 0.25) is 5.95 Å². The minimum absolute atomic E-state index is 0.0687. The second-order valence-electron chi connectivity index (χ2n) is 6.96. The van der Waals surface area contributed by atoms with E-state index >= 15 is 0 Å². The molecule has 1 unspecified atom stereocenters. The summed E-state index contributed by atoms with van der Waals surface area (Å²) in [5.41, 5.74) is 3.65. The van der Waals surface area contributed by atoms with Gasteiger partial charge in [-0.2, -0.15) is 0 Å². The molecule has 0 saturated heterocycles. The van der Waals surface area contributed by atoms with Crippen molar-refractivity contribution < 1.29 is 9.50 Å². The third-order valence-electron chi connectivity index (χ3n) is 5.24. The number of rotatable bonds is 2. The number of phenols is 1. The number of phenolic OH excluding ortho intramolecular Hbond substituents is 1. The van der Waals surface area contributed by atoms with Gasteiger partial charge in [0.25, 0.3) is 0 Å². The summed E-state index contributed by atoms with van der Waals surface area (Å²) in [5.74, 6) is -0.0511. The zero-order valence-electron chi connectivity index (χ0n) is 15.0. The predicted octanol–water partition coefficient (Wildman–Crippen LogP) is 5.26. The van der Waals surface area contributed by atoms with Gasteiger partial charge in [0.1, 0.15) is 11.8 Å². The molecule has 29 heavy (non-hydrogen) atoms. The zero-order valence-corrected chi connectivity index (χ0v) is 16.5. The summed E-state index contributed by atoms with van der Waals surface area (Å²) in [7, 11) is 0. The first-order valence-electron chi connectivity index (χ1n) is 9.04. The van der Waals surface area contributed by atoms with Crippen molar-refractivity contribution in [2.45, 2.75) is 12.5 Å². The van der Waals surface area contributed by atoms with Crippen molar-refractivity contribution in [3.05, 3.63) is 81.5 Å². The Morgan fingerprint density at radius 3 is 2.55 bits per heavy atom. The number of fused-ring (bicyclic) bond motifs is 3. The third-order valence-corrected chi connectivity index (χ3v) is 5.71. The molecule has 0 fully saturated rings. The molecule has 2 aromatic heterocycles. The van der Waals surface area contributed by atoms with Crippen molar-refractivity contribution in [2.24, 2.45) is 0 Å². The van der Waals surface area contributed by atoms with E-state index < -0.39 is 11.9 Å². The van der Waals surface area contributed by atoms with Gasteiger partial charge in [0, 0.05) is 38.8 Å². The summed E-state index contributed by atoms with van der Waals surface area (Å²) < 4.78 is 13.4. The lowest BCUT2D eigenvalue weighted by atomic mass is 9.92. The maximum atomic E-state index is 13.4. The first-order chi connectivity index (χ1) is 14.0. The van der Waals surface area contributed by atoms with Crippen LogP contribution in [0.5, 0.6) is 5.75 Å². The van der Waals surface area contributed by atoms with Gasteiger partial charge in [-0.3, -0.25) is 0 Å². The highest BCUT2D eigenvalue weighted by Gasteiger charge is 2.34. The van der Waals surface area contributed by atoms with Crippen molar-refractivity contribution in [3.8, 4) is 5.75 Å². The first-order valence-corrected chi connectivity index (χ1v) is 9.79. The van der Waals surface area contributed by atoms with E-state index in [0.29, 0.717) is 28.1 Å². The minimum Gasteiger partial charge on any atom is -0.508 e. The third kappa shape index (κ3) is 3.09. The average Bonchev–Trinajstić information content (AvgIpc) is 3.06. The molecule has 2 N–H and O–H groups in total. The molecule has 146 valence electrons. The van der Waals surface area contributed by atoms with Gasteiger partial charge in [0.05, 0.1) is 12.4 Å². The topological polar surface area (TPSA) is 65.0 Å². The molecular formula is C21H15Cl2FN4O.